The number of hydrogen-bond donors (Lipinski definition) is 2. The Bertz CT molecular complexity index is 682. The molecule has 2 rings (SSSR count). The number of amides is 1. The number of hydrogen-bond acceptors (Lipinski definition) is 2. The Balaban J connectivity index is 2.32. The van der Waals surface area contributed by atoms with Crippen LogP contribution in [0.25, 0.3) is 11.0 Å². The summed E-state index contributed by atoms with van der Waals surface area (Å²) in [6, 6.07) is 4.50. The Labute approximate surface area is 133 Å². The number of H-pyrrole nitrogens is 1. The van der Waals surface area contributed by atoms with E-state index in [0.29, 0.717) is 23.3 Å². The monoisotopic (exact) mass is 377 g/mol. The third kappa shape index (κ3) is 4.00. The van der Waals surface area contributed by atoms with E-state index in [9.17, 15) is 18.0 Å². The van der Waals surface area contributed by atoms with Crippen molar-refractivity contribution in [3.63, 3.8) is 0 Å². The van der Waals surface area contributed by atoms with Gasteiger partial charge in [0, 0.05) is 4.47 Å². The second kappa shape index (κ2) is 6.28. The molecule has 120 valence electrons. The zero-order chi connectivity index (χ0) is 16.5. The molecule has 0 saturated heterocycles. The SMILES string of the molecule is CC(C)CC(NC(=O)C(F)(F)F)c1nc2ccc(Br)cc2[nH]1. The summed E-state index contributed by atoms with van der Waals surface area (Å²) in [6.45, 7) is 3.73. The van der Waals surface area contributed by atoms with Gasteiger partial charge in [-0.25, -0.2) is 4.98 Å². The van der Waals surface area contributed by atoms with Crippen molar-refractivity contribution in [3.05, 3.63) is 28.5 Å². The van der Waals surface area contributed by atoms with Gasteiger partial charge in [0.1, 0.15) is 5.82 Å². The Kier molecular flexibility index (Phi) is 4.79. The molecule has 1 aromatic carbocycles. The number of benzene rings is 1. The first kappa shape index (κ1) is 16.8. The maximum atomic E-state index is 12.5. The van der Waals surface area contributed by atoms with E-state index in [2.05, 4.69) is 25.9 Å². The summed E-state index contributed by atoms with van der Waals surface area (Å²) in [6.07, 6.45) is -4.56. The van der Waals surface area contributed by atoms with Gasteiger partial charge in [-0.3, -0.25) is 4.79 Å². The maximum Gasteiger partial charge on any atom is 0.471 e. The number of nitrogens with one attached hydrogen (secondary N) is 2. The highest BCUT2D eigenvalue weighted by Crippen LogP contribution is 2.25. The number of alkyl halides is 3. The summed E-state index contributed by atoms with van der Waals surface area (Å²) in [4.78, 5) is 18.5. The largest absolute Gasteiger partial charge is 0.471 e. The lowest BCUT2D eigenvalue weighted by Gasteiger charge is -2.19. The zero-order valence-electron chi connectivity index (χ0n) is 12.0. The van der Waals surface area contributed by atoms with Gasteiger partial charge in [0.05, 0.1) is 17.1 Å². The Morgan fingerprint density at radius 3 is 2.68 bits per heavy atom. The summed E-state index contributed by atoms with van der Waals surface area (Å²) < 4.78 is 38.2. The predicted octanol–water partition coefficient (Wildman–Crippen LogP) is 4.09. The first-order chi connectivity index (χ1) is 10.2. The summed E-state index contributed by atoms with van der Waals surface area (Å²) in [7, 11) is 0. The summed E-state index contributed by atoms with van der Waals surface area (Å²) in [5, 5.41) is 2.01. The number of aromatic amines is 1. The number of halogens is 4. The highest BCUT2D eigenvalue weighted by atomic mass is 79.9. The molecule has 0 aliphatic heterocycles. The Hall–Kier alpha value is -1.57. The number of nitrogens with zero attached hydrogens (tertiary/aromatic N) is 1. The quantitative estimate of drug-likeness (QED) is 0.842. The molecule has 0 fully saturated rings. The molecule has 8 heteroatoms. The lowest BCUT2D eigenvalue weighted by atomic mass is 10.0. The standard InChI is InChI=1S/C14H15BrF3N3O/c1-7(2)5-11(21-13(22)14(16,17)18)12-19-9-4-3-8(15)6-10(9)20-12/h3-4,6-7,11H,5H2,1-2H3,(H,19,20)(H,21,22). The minimum atomic E-state index is -4.91. The van der Waals surface area contributed by atoms with Gasteiger partial charge in [0.15, 0.2) is 0 Å². The van der Waals surface area contributed by atoms with Crippen LogP contribution in [0, 0.1) is 5.92 Å². The van der Waals surface area contributed by atoms with Crippen molar-refractivity contribution in [1.82, 2.24) is 15.3 Å². The van der Waals surface area contributed by atoms with Crippen molar-refractivity contribution in [3.8, 4) is 0 Å². The fourth-order valence-corrected chi connectivity index (χ4v) is 2.48. The van der Waals surface area contributed by atoms with Crippen LogP contribution in [0.4, 0.5) is 13.2 Å². The number of rotatable bonds is 4. The third-order valence-corrected chi connectivity index (χ3v) is 3.56. The number of aromatic nitrogens is 2. The van der Waals surface area contributed by atoms with Gasteiger partial charge >= 0.3 is 12.1 Å². The van der Waals surface area contributed by atoms with E-state index in [1.807, 2.05) is 19.2 Å². The molecule has 0 spiro atoms. The van der Waals surface area contributed by atoms with Gasteiger partial charge in [0.2, 0.25) is 0 Å². The molecule has 1 amide bonds. The van der Waals surface area contributed by atoms with E-state index in [-0.39, 0.29) is 5.92 Å². The molecule has 0 saturated carbocycles. The molecule has 4 nitrogen and oxygen atoms in total. The molecule has 1 atom stereocenters. The van der Waals surface area contributed by atoms with Gasteiger partial charge in [-0.1, -0.05) is 29.8 Å². The van der Waals surface area contributed by atoms with Crippen LogP contribution in [0.15, 0.2) is 22.7 Å². The average molecular weight is 378 g/mol. The fraction of sp³-hybridized carbons (Fsp3) is 0.429. The molecule has 1 aromatic heterocycles. The molecule has 1 unspecified atom stereocenters. The highest BCUT2D eigenvalue weighted by molar-refractivity contribution is 9.10. The normalized spacial score (nSPS) is 13.6. The molecule has 0 aliphatic rings. The summed E-state index contributed by atoms with van der Waals surface area (Å²) >= 11 is 3.32. The van der Waals surface area contributed by atoms with E-state index in [1.165, 1.54) is 0 Å². The van der Waals surface area contributed by atoms with Gasteiger partial charge in [0.25, 0.3) is 0 Å². The van der Waals surface area contributed by atoms with Gasteiger partial charge in [-0.2, -0.15) is 13.2 Å². The predicted molar refractivity (Wildman–Crippen MR) is 80.2 cm³/mol. The molecule has 0 bridgehead atoms. The van der Waals surface area contributed by atoms with Crippen LogP contribution in [0.1, 0.15) is 32.1 Å². The molecular formula is C14H15BrF3N3O. The minimum Gasteiger partial charge on any atom is -0.340 e. The van der Waals surface area contributed by atoms with Crippen molar-refractivity contribution in [2.45, 2.75) is 32.5 Å². The highest BCUT2D eigenvalue weighted by Gasteiger charge is 2.40. The second-order valence-corrected chi connectivity index (χ2v) is 6.35. The number of fused-ring (bicyclic) bond motifs is 1. The van der Waals surface area contributed by atoms with E-state index in [0.717, 1.165) is 4.47 Å². The van der Waals surface area contributed by atoms with Crippen molar-refractivity contribution < 1.29 is 18.0 Å². The van der Waals surface area contributed by atoms with Crippen LogP contribution < -0.4 is 5.32 Å². The van der Waals surface area contributed by atoms with Crippen molar-refractivity contribution in [2.24, 2.45) is 5.92 Å². The minimum absolute atomic E-state index is 0.0958. The van der Waals surface area contributed by atoms with Crippen LogP contribution >= 0.6 is 15.9 Å². The van der Waals surface area contributed by atoms with Crippen LogP contribution in [0.2, 0.25) is 0 Å². The Morgan fingerprint density at radius 2 is 2.09 bits per heavy atom. The van der Waals surface area contributed by atoms with Crippen LogP contribution in [-0.4, -0.2) is 22.1 Å². The van der Waals surface area contributed by atoms with Crippen molar-refractivity contribution in [1.29, 1.82) is 0 Å². The van der Waals surface area contributed by atoms with Gasteiger partial charge < -0.3 is 10.3 Å². The maximum absolute atomic E-state index is 12.5. The average Bonchev–Trinajstić information content (AvgIpc) is 2.78. The molecule has 22 heavy (non-hydrogen) atoms. The second-order valence-electron chi connectivity index (χ2n) is 5.44. The van der Waals surface area contributed by atoms with Gasteiger partial charge in [-0.15, -0.1) is 0 Å². The van der Waals surface area contributed by atoms with E-state index in [4.69, 9.17) is 0 Å². The lowest BCUT2D eigenvalue weighted by Crippen LogP contribution is -2.39. The summed E-state index contributed by atoms with van der Waals surface area (Å²) in [5.74, 6) is -1.54. The fourth-order valence-electron chi connectivity index (χ4n) is 2.12. The van der Waals surface area contributed by atoms with Crippen molar-refractivity contribution in [2.75, 3.05) is 0 Å². The van der Waals surface area contributed by atoms with Crippen molar-refractivity contribution >= 4 is 32.9 Å². The first-order valence-electron chi connectivity index (χ1n) is 6.69. The molecule has 2 aromatic rings. The first-order valence-corrected chi connectivity index (χ1v) is 7.49. The zero-order valence-corrected chi connectivity index (χ0v) is 13.5. The van der Waals surface area contributed by atoms with E-state index < -0.39 is 18.1 Å². The topological polar surface area (TPSA) is 57.8 Å². The Morgan fingerprint density at radius 1 is 1.41 bits per heavy atom. The van der Waals surface area contributed by atoms with E-state index >= 15 is 0 Å². The lowest BCUT2D eigenvalue weighted by molar-refractivity contribution is -0.174. The molecule has 0 radical (unpaired) electrons. The smallest absolute Gasteiger partial charge is 0.340 e. The number of carbonyl (C=O) groups excluding carboxylic acids is 1. The summed E-state index contributed by atoms with van der Waals surface area (Å²) in [5.41, 5.74) is 1.33. The molecular weight excluding hydrogens is 363 g/mol. The van der Waals surface area contributed by atoms with E-state index in [1.54, 1.807) is 18.2 Å². The number of carbonyl (C=O) groups is 1. The molecule has 0 aliphatic carbocycles. The van der Waals surface area contributed by atoms with Gasteiger partial charge in [-0.05, 0) is 30.5 Å². The number of imidazole rings is 1. The van der Waals surface area contributed by atoms with Crippen LogP contribution in [-0.2, 0) is 4.79 Å². The van der Waals surface area contributed by atoms with Crippen LogP contribution in [0.3, 0.4) is 0 Å². The molecule has 1 heterocycles. The third-order valence-electron chi connectivity index (χ3n) is 3.06. The molecule has 2 N–H and O–H groups in total. The van der Waals surface area contributed by atoms with Crippen LogP contribution in [0.5, 0.6) is 0 Å².